The fourth-order valence-corrected chi connectivity index (χ4v) is 1.12. The predicted molar refractivity (Wildman–Crippen MR) is 68.5 cm³/mol. The summed E-state index contributed by atoms with van der Waals surface area (Å²) in [7, 11) is 0. The molecule has 0 aliphatic carbocycles. The van der Waals surface area contributed by atoms with E-state index in [1.54, 1.807) is 0 Å². The topological polar surface area (TPSA) is 75.6 Å². The zero-order valence-corrected chi connectivity index (χ0v) is 11.1. The third-order valence-corrected chi connectivity index (χ3v) is 2.25. The van der Waals surface area contributed by atoms with E-state index in [0.29, 0.717) is 11.4 Å². The minimum Gasteiger partial charge on any atom is -0.482 e. The molecule has 98 valence electrons. The molecule has 1 rings (SSSR count). The number of carboxylic acid groups (broad SMARTS) is 1. The van der Waals surface area contributed by atoms with Gasteiger partial charge in [0.1, 0.15) is 5.75 Å². The van der Waals surface area contributed by atoms with Gasteiger partial charge in [0.15, 0.2) is 6.61 Å². The highest BCUT2D eigenvalue weighted by Gasteiger charge is 2.30. The van der Waals surface area contributed by atoms with Crippen LogP contribution >= 0.6 is 34.8 Å². The second-order valence-corrected chi connectivity index (χ2v) is 5.44. The summed E-state index contributed by atoms with van der Waals surface area (Å²) in [6, 6.07) is 5.95. The number of rotatable bonds is 4. The third kappa shape index (κ3) is 5.00. The Morgan fingerprint density at radius 2 is 1.78 bits per heavy atom. The SMILES string of the molecule is O=C(O)COc1ccc(NC(=O)C(Cl)(Cl)Cl)cc1. The molecule has 5 nitrogen and oxygen atoms in total. The Hall–Kier alpha value is -1.17. The highest BCUT2D eigenvalue weighted by Crippen LogP contribution is 2.28. The van der Waals surface area contributed by atoms with Gasteiger partial charge in [0.05, 0.1) is 0 Å². The Bertz CT molecular complexity index is 441. The van der Waals surface area contributed by atoms with Gasteiger partial charge in [-0.1, -0.05) is 34.8 Å². The van der Waals surface area contributed by atoms with E-state index in [9.17, 15) is 9.59 Å². The van der Waals surface area contributed by atoms with Gasteiger partial charge < -0.3 is 15.2 Å². The van der Waals surface area contributed by atoms with E-state index in [2.05, 4.69) is 5.32 Å². The number of carbonyl (C=O) groups is 2. The first-order valence-corrected chi connectivity index (χ1v) is 5.75. The molecule has 0 spiro atoms. The molecule has 0 atom stereocenters. The van der Waals surface area contributed by atoms with Gasteiger partial charge in [-0.25, -0.2) is 4.79 Å². The van der Waals surface area contributed by atoms with Crippen LogP contribution in [0.2, 0.25) is 0 Å². The van der Waals surface area contributed by atoms with Crippen molar-refractivity contribution < 1.29 is 19.4 Å². The normalized spacial score (nSPS) is 10.8. The Morgan fingerprint density at radius 3 is 2.22 bits per heavy atom. The highest BCUT2D eigenvalue weighted by molar-refractivity contribution is 6.76. The lowest BCUT2D eigenvalue weighted by Crippen LogP contribution is -2.26. The molecule has 0 aromatic heterocycles. The minimum absolute atomic E-state index is 0.351. The largest absolute Gasteiger partial charge is 0.482 e. The molecular weight excluding hydrogens is 304 g/mol. The van der Waals surface area contributed by atoms with Crippen LogP contribution in [0, 0.1) is 0 Å². The molecule has 8 heteroatoms. The van der Waals surface area contributed by atoms with Crippen molar-refractivity contribution in [1.29, 1.82) is 0 Å². The van der Waals surface area contributed by atoms with Gasteiger partial charge in [0.25, 0.3) is 9.70 Å². The fourth-order valence-electron chi connectivity index (χ4n) is 0.982. The van der Waals surface area contributed by atoms with Gasteiger partial charge in [0, 0.05) is 5.69 Å². The van der Waals surface area contributed by atoms with Gasteiger partial charge in [-0.3, -0.25) is 4.79 Å². The number of amides is 1. The van der Waals surface area contributed by atoms with E-state index in [4.69, 9.17) is 44.6 Å². The number of benzene rings is 1. The number of alkyl halides is 3. The van der Waals surface area contributed by atoms with Crippen LogP contribution in [0.1, 0.15) is 0 Å². The van der Waals surface area contributed by atoms with Crippen LogP contribution in [0.15, 0.2) is 24.3 Å². The average Bonchev–Trinajstić information content (AvgIpc) is 2.26. The number of nitrogens with one attached hydrogen (secondary N) is 1. The summed E-state index contributed by atoms with van der Waals surface area (Å²) in [5, 5.41) is 10.8. The summed E-state index contributed by atoms with van der Waals surface area (Å²) >= 11 is 16.1. The van der Waals surface area contributed by atoms with Gasteiger partial charge in [-0.15, -0.1) is 0 Å². The van der Waals surface area contributed by atoms with Gasteiger partial charge in [0.2, 0.25) is 0 Å². The Labute approximate surface area is 118 Å². The summed E-state index contributed by atoms with van der Waals surface area (Å²) < 4.78 is 2.86. The number of hydrogen-bond acceptors (Lipinski definition) is 3. The fraction of sp³-hybridized carbons (Fsp3) is 0.200. The van der Waals surface area contributed by atoms with Crippen LogP contribution in [-0.4, -0.2) is 27.4 Å². The number of carboxylic acids is 1. The first-order chi connectivity index (χ1) is 8.29. The zero-order valence-electron chi connectivity index (χ0n) is 8.82. The van der Waals surface area contributed by atoms with E-state index in [-0.39, 0.29) is 0 Å². The monoisotopic (exact) mass is 311 g/mol. The standard InChI is InChI=1S/C10H8Cl3NO4/c11-10(12,13)9(17)14-6-1-3-7(4-2-6)18-5-8(15)16/h1-4H,5H2,(H,14,17)(H,15,16). The molecule has 0 fully saturated rings. The van der Waals surface area contributed by atoms with Gasteiger partial charge in [-0.05, 0) is 24.3 Å². The van der Waals surface area contributed by atoms with Crippen LogP contribution in [0.4, 0.5) is 5.69 Å². The lowest BCUT2D eigenvalue weighted by atomic mass is 10.3. The predicted octanol–water partition coefficient (Wildman–Crippen LogP) is 2.46. The number of ether oxygens (including phenoxy) is 1. The van der Waals surface area contributed by atoms with E-state index >= 15 is 0 Å². The minimum atomic E-state index is -2.04. The third-order valence-electron chi connectivity index (χ3n) is 1.73. The summed E-state index contributed by atoms with van der Waals surface area (Å²) in [4.78, 5) is 21.6. The van der Waals surface area contributed by atoms with Gasteiger partial charge >= 0.3 is 5.97 Å². The molecular formula is C10H8Cl3NO4. The molecule has 0 bridgehead atoms. The van der Waals surface area contributed by atoms with Crippen molar-refractivity contribution >= 4 is 52.4 Å². The second kappa shape index (κ2) is 6.13. The van der Waals surface area contributed by atoms with E-state index in [0.717, 1.165) is 0 Å². The first kappa shape index (κ1) is 14.9. The van der Waals surface area contributed by atoms with E-state index in [1.807, 2.05) is 0 Å². The first-order valence-electron chi connectivity index (χ1n) is 4.62. The van der Waals surface area contributed by atoms with Crippen molar-refractivity contribution in [3.8, 4) is 5.75 Å². The quantitative estimate of drug-likeness (QED) is 0.837. The van der Waals surface area contributed by atoms with Crippen molar-refractivity contribution in [1.82, 2.24) is 0 Å². The summed E-state index contributed by atoms with van der Waals surface area (Å²) in [5.74, 6) is -1.51. The zero-order chi connectivity index (χ0) is 13.8. The molecule has 18 heavy (non-hydrogen) atoms. The van der Waals surface area contributed by atoms with Crippen molar-refractivity contribution in [2.24, 2.45) is 0 Å². The molecule has 0 unspecified atom stereocenters. The van der Waals surface area contributed by atoms with Gasteiger partial charge in [-0.2, -0.15) is 0 Å². The van der Waals surface area contributed by atoms with Crippen molar-refractivity contribution in [3.05, 3.63) is 24.3 Å². The number of halogens is 3. The van der Waals surface area contributed by atoms with Crippen LogP contribution < -0.4 is 10.1 Å². The molecule has 0 heterocycles. The van der Waals surface area contributed by atoms with E-state index in [1.165, 1.54) is 24.3 Å². The molecule has 0 saturated heterocycles. The van der Waals surface area contributed by atoms with Crippen LogP contribution in [0.25, 0.3) is 0 Å². The average molecular weight is 313 g/mol. The van der Waals surface area contributed by atoms with Crippen molar-refractivity contribution in [2.45, 2.75) is 3.79 Å². The molecule has 2 N–H and O–H groups in total. The van der Waals surface area contributed by atoms with Crippen molar-refractivity contribution in [2.75, 3.05) is 11.9 Å². The molecule has 1 aromatic carbocycles. The Balaban J connectivity index is 2.60. The molecule has 0 aliphatic heterocycles. The maximum atomic E-state index is 11.3. The smallest absolute Gasteiger partial charge is 0.341 e. The van der Waals surface area contributed by atoms with Crippen molar-refractivity contribution in [3.63, 3.8) is 0 Å². The molecule has 0 saturated carbocycles. The maximum Gasteiger partial charge on any atom is 0.341 e. The Kier molecular flexibility index (Phi) is 5.07. The summed E-state index contributed by atoms with van der Waals surface area (Å²) in [5.41, 5.74) is 0.397. The number of hydrogen-bond donors (Lipinski definition) is 2. The summed E-state index contributed by atoms with van der Waals surface area (Å²) in [6.07, 6.45) is 0. The lowest BCUT2D eigenvalue weighted by molar-refractivity contribution is -0.139. The molecule has 1 aromatic rings. The number of anilines is 1. The molecule has 1 amide bonds. The molecule has 0 radical (unpaired) electrons. The number of aliphatic carboxylic acids is 1. The summed E-state index contributed by atoms with van der Waals surface area (Å²) in [6.45, 7) is -0.445. The van der Waals surface area contributed by atoms with Crippen LogP contribution in [0.3, 0.4) is 0 Å². The lowest BCUT2D eigenvalue weighted by Gasteiger charge is -2.11. The second-order valence-electron chi connectivity index (χ2n) is 3.16. The van der Waals surface area contributed by atoms with Crippen LogP contribution in [0.5, 0.6) is 5.75 Å². The van der Waals surface area contributed by atoms with E-state index < -0.39 is 22.3 Å². The van der Waals surface area contributed by atoms with Crippen LogP contribution in [-0.2, 0) is 9.59 Å². The maximum absolute atomic E-state index is 11.3. The highest BCUT2D eigenvalue weighted by atomic mass is 35.6. The molecule has 0 aliphatic rings. The number of carbonyl (C=O) groups excluding carboxylic acids is 1. The Morgan fingerprint density at radius 1 is 1.22 bits per heavy atom.